The van der Waals surface area contributed by atoms with Crippen LogP contribution in [0.2, 0.25) is 0 Å². The maximum atomic E-state index is 11.7. The lowest BCUT2D eigenvalue weighted by molar-refractivity contribution is 0.0956. The fourth-order valence-electron chi connectivity index (χ4n) is 2.70. The van der Waals surface area contributed by atoms with Crippen LogP contribution >= 0.6 is 0 Å². The van der Waals surface area contributed by atoms with E-state index in [2.05, 4.69) is 10.6 Å². The highest BCUT2D eigenvalue weighted by atomic mass is 16.1. The molecule has 0 aromatic heterocycles. The number of rotatable bonds is 5. The lowest BCUT2D eigenvalue weighted by Crippen LogP contribution is -2.29. The Balaban J connectivity index is 1.97. The minimum absolute atomic E-state index is 0.0187. The van der Waals surface area contributed by atoms with Gasteiger partial charge < -0.3 is 16.4 Å². The summed E-state index contributed by atoms with van der Waals surface area (Å²) in [6.45, 7) is 3.31. The number of carbonyl (C=O) groups is 1. The third kappa shape index (κ3) is 3.47. The average molecular weight is 261 g/mol. The van der Waals surface area contributed by atoms with Gasteiger partial charge in [-0.05, 0) is 56.5 Å². The molecule has 19 heavy (non-hydrogen) atoms. The maximum Gasteiger partial charge on any atom is 0.251 e. The quantitative estimate of drug-likeness (QED) is 0.759. The summed E-state index contributed by atoms with van der Waals surface area (Å²) in [4.78, 5) is 11.7. The highest BCUT2D eigenvalue weighted by molar-refractivity contribution is 5.94. The first-order valence-corrected chi connectivity index (χ1v) is 7.09. The van der Waals surface area contributed by atoms with Crippen LogP contribution in [-0.2, 0) is 0 Å². The van der Waals surface area contributed by atoms with Gasteiger partial charge in [-0.1, -0.05) is 6.42 Å². The molecule has 104 valence electrons. The molecule has 2 unspecified atom stereocenters. The second kappa shape index (κ2) is 6.57. The number of hydrogen-bond donors (Lipinski definition) is 3. The van der Waals surface area contributed by atoms with Crippen molar-refractivity contribution in [2.45, 2.75) is 32.2 Å². The Labute approximate surface area is 114 Å². The van der Waals surface area contributed by atoms with Crippen molar-refractivity contribution in [1.82, 2.24) is 5.32 Å². The number of carbonyl (C=O) groups excluding carboxylic acids is 1. The zero-order valence-corrected chi connectivity index (χ0v) is 11.5. The summed E-state index contributed by atoms with van der Waals surface area (Å²) in [5.41, 5.74) is 7.55. The molecule has 1 aliphatic rings. The summed E-state index contributed by atoms with van der Waals surface area (Å²) < 4.78 is 0. The number of benzene rings is 1. The summed E-state index contributed by atoms with van der Waals surface area (Å²) in [6.07, 6.45) is 3.64. The molecular formula is C15H23N3O. The van der Waals surface area contributed by atoms with Gasteiger partial charge in [0, 0.05) is 23.8 Å². The molecule has 2 atom stereocenters. The zero-order chi connectivity index (χ0) is 13.7. The van der Waals surface area contributed by atoms with E-state index >= 15 is 0 Å². The van der Waals surface area contributed by atoms with Gasteiger partial charge in [-0.25, -0.2) is 0 Å². The van der Waals surface area contributed by atoms with Gasteiger partial charge in [0.05, 0.1) is 0 Å². The Morgan fingerprint density at radius 2 is 2.05 bits per heavy atom. The molecule has 1 saturated carbocycles. The van der Waals surface area contributed by atoms with E-state index in [1.165, 1.54) is 19.3 Å². The molecular weight excluding hydrogens is 238 g/mol. The summed E-state index contributed by atoms with van der Waals surface area (Å²) in [7, 11) is 0. The lowest BCUT2D eigenvalue weighted by Gasteiger charge is -2.20. The van der Waals surface area contributed by atoms with Crippen LogP contribution in [0.4, 0.5) is 5.69 Å². The fourth-order valence-corrected chi connectivity index (χ4v) is 2.70. The van der Waals surface area contributed by atoms with E-state index in [1.807, 2.05) is 31.2 Å². The Kier molecular flexibility index (Phi) is 4.80. The summed E-state index contributed by atoms with van der Waals surface area (Å²) in [5, 5.41) is 6.32. The first kappa shape index (κ1) is 13.9. The van der Waals surface area contributed by atoms with E-state index in [0.717, 1.165) is 12.2 Å². The fraction of sp³-hybridized carbons (Fsp3) is 0.533. The molecule has 1 aliphatic carbocycles. The zero-order valence-electron chi connectivity index (χ0n) is 11.5. The smallest absolute Gasteiger partial charge is 0.251 e. The molecule has 0 bridgehead atoms. The normalized spacial score (nSPS) is 22.2. The van der Waals surface area contributed by atoms with Crippen LogP contribution in [0.1, 0.15) is 36.5 Å². The molecule has 1 fully saturated rings. The molecule has 0 heterocycles. The van der Waals surface area contributed by atoms with Crippen molar-refractivity contribution in [3.63, 3.8) is 0 Å². The van der Waals surface area contributed by atoms with Gasteiger partial charge in [-0.2, -0.15) is 0 Å². The van der Waals surface area contributed by atoms with Crippen molar-refractivity contribution < 1.29 is 4.79 Å². The van der Waals surface area contributed by atoms with Crippen molar-refractivity contribution in [3.8, 4) is 0 Å². The van der Waals surface area contributed by atoms with Crippen molar-refractivity contribution in [2.75, 3.05) is 18.4 Å². The van der Waals surface area contributed by atoms with Gasteiger partial charge in [-0.3, -0.25) is 4.79 Å². The largest absolute Gasteiger partial charge is 0.382 e. The Morgan fingerprint density at radius 3 is 2.68 bits per heavy atom. The van der Waals surface area contributed by atoms with E-state index in [0.29, 0.717) is 24.1 Å². The number of amides is 1. The number of nitrogens with two attached hydrogens (primary N) is 1. The second-order valence-corrected chi connectivity index (χ2v) is 5.11. The standard InChI is InChI=1S/C15H23N3O/c1-2-17-15(19)11-6-8-13(9-7-11)18-14-5-3-4-12(14)10-16/h6-9,12,14,18H,2-5,10,16H2,1H3,(H,17,19). The molecule has 1 amide bonds. The summed E-state index contributed by atoms with van der Waals surface area (Å²) >= 11 is 0. The Bertz CT molecular complexity index is 416. The monoisotopic (exact) mass is 261 g/mol. The highest BCUT2D eigenvalue weighted by Gasteiger charge is 2.25. The number of hydrogen-bond acceptors (Lipinski definition) is 3. The molecule has 0 radical (unpaired) electrons. The van der Waals surface area contributed by atoms with E-state index in [1.54, 1.807) is 0 Å². The number of anilines is 1. The molecule has 4 N–H and O–H groups in total. The summed E-state index contributed by atoms with van der Waals surface area (Å²) in [6, 6.07) is 8.13. The van der Waals surface area contributed by atoms with Crippen LogP contribution in [0.25, 0.3) is 0 Å². The minimum Gasteiger partial charge on any atom is -0.382 e. The van der Waals surface area contributed by atoms with Gasteiger partial charge in [0.2, 0.25) is 0 Å². The number of nitrogens with one attached hydrogen (secondary N) is 2. The van der Waals surface area contributed by atoms with Crippen LogP contribution in [-0.4, -0.2) is 25.0 Å². The Hall–Kier alpha value is -1.55. The molecule has 1 aromatic rings. The average Bonchev–Trinajstić information content (AvgIpc) is 2.87. The van der Waals surface area contributed by atoms with Crippen LogP contribution in [0.15, 0.2) is 24.3 Å². The molecule has 2 rings (SSSR count). The van der Waals surface area contributed by atoms with Crippen molar-refractivity contribution in [3.05, 3.63) is 29.8 Å². The van der Waals surface area contributed by atoms with Crippen molar-refractivity contribution in [1.29, 1.82) is 0 Å². The van der Waals surface area contributed by atoms with Crippen LogP contribution in [0.5, 0.6) is 0 Å². The SMILES string of the molecule is CCNC(=O)c1ccc(NC2CCCC2CN)cc1. The topological polar surface area (TPSA) is 67.2 Å². The van der Waals surface area contributed by atoms with Gasteiger partial charge in [0.25, 0.3) is 5.91 Å². The molecule has 4 nitrogen and oxygen atoms in total. The predicted octanol–water partition coefficient (Wildman–Crippen LogP) is 1.98. The first-order chi connectivity index (χ1) is 9.24. The van der Waals surface area contributed by atoms with Crippen LogP contribution in [0, 0.1) is 5.92 Å². The molecule has 0 aliphatic heterocycles. The Morgan fingerprint density at radius 1 is 1.32 bits per heavy atom. The third-order valence-corrected chi connectivity index (χ3v) is 3.80. The first-order valence-electron chi connectivity index (χ1n) is 7.09. The van der Waals surface area contributed by atoms with Gasteiger partial charge >= 0.3 is 0 Å². The van der Waals surface area contributed by atoms with Gasteiger partial charge in [0.15, 0.2) is 0 Å². The maximum absolute atomic E-state index is 11.7. The van der Waals surface area contributed by atoms with Crippen LogP contribution < -0.4 is 16.4 Å². The van der Waals surface area contributed by atoms with Crippen molar-refractivity contribution in [2.24, 2.45) is 11.7 Å². The molecule has 0 saturated heterocycles. The van der Waals surface area contributed by atoms with Crippen LogP contribution in [0.3, 0.4) is 0 Å². The van der Waals surface area contributed by atoms with Gasteiger partial charge in [0.1, 0.15) is 0 Å². The summed E-state index contributed by atoms with van der Waals surface area (Å²) in [5.74, 6) is 0.554. The second-order valence-electron chi connectivity index (χ2n) is 5.11. The molecule has 4 heteroatoms. The van der Waals surface area contributed by atoms with E-state index < -0.39 is 0 Å². The minimum atomic E-state index is -0.0187. The van der Waals surface area contributed by atoms with Crippen molar-refractivity contribution >= 4 is 11.6 Å². The van der Waals surface area contributed by atoms with E-state index in [-0.39, 0.29) is 5.91 Å². The molecule has 1 aromatic carbocycles. The predicted molar refractivity (Wildman–Crippen MR) is 78.3 cm³/mol. The molecule has 0 spiro atoms. The lowest BCUT2D eigenvalue weighted by atomic mass is 10.0. The van der Waals surface area contributed by atoms with E-state index in [9.17, 15) is 4.79 Å². The van der Waals surface area contributed by atoms with Gasteiger partial charge in [-0.15, -0.1) is 0 Å². The van der Waals surface area contributed by atoms with E-state index in [4.69, 9.17) is 5.73 Å². The highest BCUT2D eigenvalue weighted by Crippen LogP contribution is 2.27. The third-order valence-electron chi connectivity index (χ3n) is 3.80.